The van der Waals surface area contributed by atoms with Gasteiger partial charge in [-0.3, -0.25) is 4.79 Å². The van der Waals surface area contributed by atoms with Gasteiger partial charge in [0.05, 0.1) is 27.3 Å². The first-order valence-corrected chi connectivity index (χ1v) is 12.8. The largest absolute Gasteiger partial charge is 0.352 e. The number of aryl methyl sites for hydroxylation is 3. The summed E-state index contributed by atoms with van der Waals surface area (Å²) in [6.07, 6.45) is 0.707. The number of nitrogens with zero attached hydrogens (tertiary/aromatic N) is 5. The Kier molecular flexibility index (Phi) is 6.77. The van der Waals surface area contributed by atoms with Crippen LogP contribution in [0, 0.1) is 13.8 Å². The van der Waals surface area contributed by atoms with Crippen LogP contribution in [0.4, 0.5) is 0 Å². The fraction of sp³-hybridized carbons (Fsp3) is 0.320. The van der Waals surface area contributed by atoms with E-state index in [0.717, 1.165) is 34.0 Å². The molecule has 0 spiro atoms. The highest BCUT2D eigenvalue weighted by Gasteiger charge is 2.19. The van der Waals surface area contributed by atoms with Crippen LogP contribution in [0.5, 0.6) is 0 Å². The van der Waals surface area contributed by atoms with Crippen LogP contribution in [-0.2, 0) is 34.8 Å². The Morgan fingerprint density at radius 2 is 1.80 bits per heavy atom. The van der Waals surface area contributed by atoms with Crippen molar-refractivity contribution in [3.63, 3.8) is 0 Å². The minimum Gasteiger partial charge on any atom is -0.352 e. The zero-order chi connectivity index (χ0) is 25.3. The van der Waals surface area contributed by atoms with Crippen LogP contribution >= 0.6 is 0 Å². The number of rotatable bonds is 8. The summed E-state index contributed by atoms with van der Waals surface area (Å²) in [5.74, 6) is 0.637. The molecule has 0 aliphatic heterocycles. The average molecular weight is 495 g/mol. The predicted octanol–water partition coefficient (Wildman–Crippen LogP) is 2.88. The van der Waals surface area contributed by atoms with E-state index in [2.05, 4.69) is 15.4 Å². The molecule has 2 aromatic heterocycles. The van der Waals surface area contributed by atoms with Crippen molar-refractivity contribution in [3.05, 3.63) is 71.3 Å². The molecule has 0 atom stereocenters. The lowest BCUT2D eigenvalue weighted by atomic mass is 10.2. The topological polar surface area (TPSA) is 102 Å². The van der Waals surface area contributed by atoms with Crippen LogP contribution in [-0.4, -0.2) is 52.1 Å². The molecule has 0 saturated carbocycles. The molecule has 184 valence electrons. The molecular formula is C25H30N6O3S. The first-order valence-electron chi connectivity index (χ1n) is 11.3. The standard InChI is InChI=1S/C25H30N6O3S/c1-17-21(18(2)31(28-17)19-9-7-6-8-10-19)16-26-25(32)14-13-24-27-22-15-20(35(33,34)29(3)4)11-12-23(22)30(24)5/h6-12,15H,13-14,16H2,1-5H3,(H,26,32). The van der Waals surface area contributed by atoms with Gasteiger partial charge in [-0.2, -0.15) is 5.10 Å². The van der Waals surface area contributed by atoms with Crippen molar-refractivity contribution in [1.29, 1.82) is 0 Å². The summed E-state index contributed by atoms with van der Waals surface area (Å²) in [5.41, 5.74) is 5.26. The molecule has 4 aromatic rings. The van der Waals surface area contributed by atoms with E-state index in [1.807, 2.05) is 60.5 Å². The quantitative estimate of drug-likeness (QED) is 0.406. The molecule has 35 heavy (non-hydrogen) atoms. The van der Waals surface area contributed by atoms with Gasteiger partial charge >= 0.3 is 0 Å². The number of aromatic nitrogens is 4. The molecule has 0 fully saturated rings. The lowest BCUT2D eigenvalue weighted by molar-refractivity contribution is -0.121. The molecule has 0 bridgehead atoms. The van der Waals surface area contributed by atoms with E-state index in [-0.39, 0.29) is 17.2 Å². The fourth-order valence-corrected chi connectivity index (χ4v) is 5.00. The Labute approximate surface area is 205 Å². The molecule has 0 radical (unpaired) electrons. The minimum absolute atomic E-state index is 0.0841. The number of carbonyl (C=O) groups excluding carboxylic acids is 1. The van der Waals surface area contributed by atoms with Crippen LogP contribution in [0.2, 0.25) is 0 Å². The molecule has 1 amide bonds. The molecule has 2 aromatic carbocycles. The van der Waals surface area contributed by atoms with Crippen molar-refractivity contribution in [2.24, 2.45) is 7.05 Å². The number of hydrogen-bond donors (Lipinski definition) is 1. The van der Waals surface area contributed by atoms with Gasteiger partial charge in [-0.05, 0) is 44.2 Å². The Morgan fingerprint density at radius 3 is 2.49 bits per heavy atom. The summed E-state index contributed by atoms with van der Waals surface area (Å²) in [5, 5.41) is 7.63. The molecule has 2 heterocycles. The van der Waals surface area contributed by atoms with Gasteiger partial charge in [0.15, 0.2) is 0 Å². The molecule has 1 N–H and O–H groups in total. The minimum atomic E-state index is -3.54. The zero-order valence-corrected chi connectivity index (χ0v) is 21.4. The van der Waals surface area contributed by atoms with Crippen molar-refractivity contribution in [3.8, 4) is 5.69 Å². The van der Waals surface area contributed by atoms with E-state index in [1.54, 1.807) is 18.2 Å². The van der Waals surface area contributed by atoms with Crippen LogP contribution in [0.25, 0.3) is 16.7 Å². The Hall–Kier alpha value is -3.50. The summed E-state index contributed by atoms with van der Waals surface area (Å²) in [4.78, 5) is 17.4. The summed E-state index contributed by atoms with van der Waals surface area (Å²) in [6, 6.07) is 14.8. The maximum Gasteiger partial charge on any atom is 0.242 e. The zero-order valence-electron chi connectivity index (χ0n) is 20.6. The summed E-state index contributed by atoms with van der Waals surface area (Å²) < 4.78 is 29.8. The van der Waals surface area contributed by atoms with Crippen molar-refractivity contribution < 1.29 is 13.2 Å². The molecule has 0 aliphatic rings. The second-order valence-corrected chi connectivity index (χ2v) is 10.9. The highest BCUT2D eigenvalue weighted by Crippen LogP contribution is 2.22. The van der Waals surface area contributed by atoms with Gasteiger partial charge in [0.25, 0.3) is 0 Å². The third-order valence-electron chi connectivity index (χ3n) is 6.20. The van der Waals surface area contributed by atoms with Crippen LogP contribution in [0.15, 0.2) is 53.4 Å². The first-order chi connectivity index (χ1) is 16.6. The number of para-hydroxylation sites is 1. The monoisotopic (exact) mass is 494 g/mol. The normalized spacial score (nSPS) is 11.9. The summed E-state index contributed by atoms with van der Waals surface area (Å²) in [7, 11) is 1.32. The van der Waals surface area contributed by atoms with E-state index >= 15 is 0 Å². The van der Waals surface area contributed by atoms with Crippen LogP contribution in [0.1, 0.15) is 29.2 Å². The van der Waals surface area contributed by atoms with Crippen LogP contribution < -0.4 is 5.32 Å². The molecule has 9 nitrogen and oxygen atoms in total. The maximum absolute atomic E-state index is 12.6. The number of sulfonamides is 1. The number of fused-ring (bicyclic) bond motifs is 1. The SMILES string of the molecule is Cc1nn(-c2ccccc2)c(C)c1CNC(=O)CCc1nc2cc(S(=O)(=O)N(C)C)ccc2n1C. The second kappa shape index (κ2) is 9.63. The number of hydrogen-bond acceptors (Lipinski definition) is 5. The maximum atomic E-state index is 12.6. The number of nitrogens with one attached hydrogen (secondary N) is 1. The fourth-order valence-electron chi connectivity index (χ4n) is 4.08. The number of amides is 1. The Morgan fingerprint density at radius 1 is 1.09 bits per heavy atom. The Bertz CT molecular complexity index is 1490. The van der Waals surface area contributed by atoms with Gasteiger partial charge < -0.3 is 9.88 Å². The van der Waals surface area contributed by atoms with Crippen LogP contribution in [0.3, 0.4) is 0 Å². The van der Waals surface area contributed by atoms with E-state index in [9.17, 15) is 13.2 Å². The molecule has 0 aliphatic carbocycles. The van der Waals surface area contributed by atoms with Gasteiger partial charge in [0.2, 0.25) is 15.9 Å². The van der Waals surface area contributed by atoms with Crippen molar-refractivity contribution in [1.82, 2.24) is 29.0 Å². The number of imidazole rings is 1. The highest BCUT2D eigenvalue weighted by molar-refractivity contribution is 7.89. The summed E-state index contributed by atoms with van der Waals surface area (Å²) >= 11 is 0. The Balaban J connectivity index is 1.43. The molecule has 10 heteroatoms. The lowest BCUT2D eigenvalue weighted by Gasteiger charge is -2.10. The molecule has 0 saturated heterocycles. The predicted molar refractivity (Wildman–Crippen MR) is 135 cm³/mol. The van der Waals surface area contributed by atoms with E-state index in [0.29, 0.717) is 18.5 Å². The number of benzene rings is 2. The van der Waals surface area contributed by atoms with Gasteiger partial charge in [-0.1, -0.05) is 18.2 Å². The van der Waals surface area contributed by atoms with Crippen molar-refractivity contribution in [2.75, 3.05) is 14.1 Å². The molecule has 0 unspecified atom stereocenters. The van der Waals surface area contributed by atoms with E-state index < -0.39 is 10.0 Å². The van der Waals surface area contributed by atoms with E-state index in [4.69, 9.17) is 0 Å². The first kappa shape index (κ1) is 24.6. The number of carbonyl (C=O) groups is 1. The highest BCUT2D eigenvalue weighted by atomic mass is 32.2. The van der Waals surface area contributed by atoms with Gasteiger partial charge in [0, 0.05) is 51.8 Å². The van der Waals surface area contributed by atoms with Gasteiger partial charge in [-0.25, -0.2) is 22.4 Å². The third-order valence-corrected chi connectivity index (χ3v) is 8.01. The van der Waals surface area contributed by atoms with E-state index in [1.165, 1.54) is 18.4 Å². The molecule has 4 rings (SSSR count). The lowest BCUT2D eigenvalue weighted by Crippen LogP contribution is -2.24. The van der Waals surface area contributed by atoms with Crippen molar-refractivity contribution in [2.45, 2.75) is 38.1 Å². The smallest absolute Gasteiger partial charge is 0.242 e. The van der Waals surface area contributed by atoms with Gasteiger partial charge in [0.1, 0.15) is 5.82 Å². The summed E-state index contributed by atoms with van der Waals surface area (Å²) in [6.45, 7) is 4.34. The van der Waals surface area contributed by atoms with Crippen molar-refractivity contribution >= 4 is 27.0 Å². The molecular weight excluding hydrogens is 464 g/mol. The second-order valence-electron chi connectivity index (χ2n) is 8.70. The third kappa shape index (κ3) is 4.85. The average Bonchev–Trinajstić information content (AvgIpc) is 3.31. The van der Waals surface area contributed by atoms with Gasteiger partial charge in [-0.15, -0.1) is 0 Å².